The Morgan fingerprint density at radius 3 is 2.62 bits per heavy atom. The third kappa shape index (κ3) is 4.62. The quantitative estimate of drug-likeness (QED) is 0.407. The highest BCUT2D eigenvalue weighted by atomic mass is 16.4. The van der Waals surface area contributed by atoms with Crippen LogP contribution in [0.25, 0.3) is 0 Å². The van der Waals surface area contributed by atoms with E-state index in [1.807, 2.05) is 4.90 Å². The topological polar surface area (TPSA) is 148 Å². The summed E-state index contributed by atoms with van der Waals surface area (Å²) in [6.07, 6.45) is 4.94. The Morgan fingerprint density at radius 2 is 1.92 bits per heavy atom. The number of imide groups is 1. The van der Waals surface area contributed by atoms with Crippen molar-refractivity contribution in [1.82, 2.24) is 20.1 Å². The molecule has 0 bridgehead atoms. The summed E-state index contributed by atoms with van der Waals surface area (Å²) in [5, 5.41) is 25.9. The van der Waals surface area contributed by atoms with Crippen LogP contribution in [0.1, 0.15) is 90.2 Å². The average Bonchev–Trinajstić information content (AvgIpc) is 3.49. The Labute approximate surface area is 226 Å². The summed E-state index contributed by atoms with van der Waals surface area (Å²) in [5.41, 5.74) is 0.863. The SMILES string of the molecule is CC1(C(=O)N2CCC(c3ncc(CNc4cccc5c4C(=O)N(C4CCC(O)NC4O)C5=O)o3)CC2)CCC1. The van der Waals surface area contributed by atoms with E-state index in [1.54, 1.807) is 24.4 Å². The minimum Gasteiger partial charge on any atom is -0.444 e. The van der Waals surface area contributed by atoms with E-state index in [2.05, 4.69) is 22.5 Å². The summed E-state index contributed by atoms with van der Waals surface area (Å²) in [4.78, 5) is 46.8. The molecule has 208 valence electrons. The molecule has 4 aliphatic rings. The van der Waals surface area contributed by atoms with Gasteiger partial charge < -0.3 is 24.8 Å². The number of aromatic nitrogens is 1. The molecule has 11 heteroatoms. The van der Waals surface area contributed by atoms with Gasteiger partial charge in [-0.1, -0.05) is 19.4 Å². The highest BCUT2D eigenvalue weighted by Crippen LogP contribution is 2.43. The molecule has 3 fully saturated rings. The summed E-state index contributed by atoms with van der Waals surface area (Å²) >= 11 is 0. The molecule has 4 N–H and O–H groups in total. The van der Waals surface area contributed by atoms with Crippen LogP contribution in [0.3, 0.4) is 0 Å². The van der Waals surface area contributed by atoms with Gasteiger partial charge in [0.2, 0.25) is 5.91 Å². The zero-order valence-electron chi connectivity index (χ0n) is 22.1. The minimum absolute atomic E-state index is 0.153. The van der Waals surface area contributed by atoms with E-state index in [0.29, 0.717) is 43.3 Å². The molecule has 3 aliphatic heterocycles. The smallest absolute Gasteiger partial charge is 0.264 e. The first kappa shape index (κ1) is 26.0. The molecule has 39 heavy (non-hydrogen) atoms. The number of amides is 3. The fraction of sp³-hybridized carbons (Fsp3) is 0.571. The van der Waals surface area contributed by atoms with Crippen LogP contribution in [-0.4, -0.2) is 74.3 Å². The predicted octanol–water partition coefficient (Wildman–Crippen LogP) is 2.17. The molecule has 1 aliphatic carbocycles. The van der Waals surface area contributed by atoms with Crippen molar-refractivity contribution in [3.8, 4) is 0 Å². The second kappa shape index (κ2) is 10.0. The number of carbonyl (C=O) groups is 3. The molecule has 6 rings (SSSR count). The Bertz CT molecular complexity index is 1280. The first-order valence-corrected chi connectivity index (χ1v) is 13.9. The van der Waals surface area contributed by atoms with E-state index in [1.165, 1.54) is 0 Å². The molecular weight excluding hydrogens is 502 g/mol. The lowest BCUT2D eigenvalue weighted by Gasteiger charge is -2.42. The van der Waals surface area contributed by atoms with Crippen LogP contribution in [0.15, 0.2) is 28.8 Å². The molecule has 3 atom stereocenters. The molecule has 1 aromatic carbocycles. The van der Waals surface area contributed by atoms with E-state index >= 15 is 0 Å². The van der Waals surface area contributed by atoms with Crippen molar-refractivity contribution in [2.75, 3.05) is 18.4 Å². The van der Waals surface area contributed by atoms with Crippen LogP contribution in [0, 0.1) is 5.41 Å². The molecule has 2 aromatic rings. The highest BCUT2D eigenvalue weighted by Gasteiger charge is 2.46. The summed E-state index contributed by atoms with van der Waals surface area (Å²) in [6.45, 7) is 3.77. The van der Waals surface area contributed by atoms with Gasteiger partial charge in [-0.15, -0.1) is 0 Å². The Kier molecular flexibility index (Phi) is 6.68. The molecule has 4 heterocycles. The van der Waals surface area contributed by atoms with Gasteiger partial charge in [0.15, 0.2) is 5.89 Å². The molecule has 0 radical (unpaired) electrons. The molecule has 1 aromatic heterocycles. The Balaban J connectivity index is 1.09. The van der Waals surface area contributed by atoms with E-state index in [4.69, 9.17) is 4.42 Å². The van der Waals surface area contributed by atoms with Gasteiger partial charge in [0, 0.05) is 30.1 Å². The summed E-state index contributed by atoms with van der Waals surface area (Å²) in [5.74, 6) is 0.760. The average molecular weight is 538 g/mol. The molecule has 1 saturated carbocycles. The number of fused-ring (bicyclic) bond motifs is 1. The summed E-state index contributed by atoms with van der Waals surface area (Å²) in [7, 11) is 0. The van der Waals surface area contributed by atoms with Crippen molar-refractivity contribution < 1.29 is 29.0 Å². The largest absolute Gasteiger partial charge is 0.444 e. The lowest BCUT2D eigenvalue weighted by Crippen LogP contribution is -2.58. The van der Waals surface area contributed by atoms with Gasteiger partial charge in [0.1, 0.15) is 18.2 Å². The van der Waals surface area contributed by atoms with Crippen molar-refractivity contribution in [1.29, 1.82) is 0 Å². The van der Waals surface area contributed by atoms with E-state index in [0.717, 1.165) is 37.0 Å². The maximum Gasteiger partial charge on any atom is 0.264 e. The van der Waals surface area contributed by atoms with Crippen molar-refractivity contribution in [2.45, 2.75) is 82.8 Å². The van der Waals surface area contributed by atoms with Crippen LogP contribution in [-0.2, 0) is 11.3 Å². The number of nitrogens with one attached hydrogen (secondary N) is 2. The number of hydrogen-bond acceptors (Lipinski definition) is 9. The van der Waals surface area contributed by atoms with Crippen LogP contribution in [0.4, 0.5) is 5.69 Å². The molecule has 0 spiro atoms. The lowest BCUT2D eigenvalue weighted by atomic mass is 9.69. The maximum absolute atomic E-state index is 13.3. The number of aliphatic hydroxyl groups is 2. The number of piperidine rings is 2. The monoisotopic (exact) mass is 537 g/mol. The first-order chi connectivity index (χ1) is 18.7. The number of oxazole rings is 1. The molecule has 2 saturated heterocycles. The van der Waals surface area contributed by atoms with Gasteiger partial charge in [-0.05, 0) is 50.7 Å². The fourth-order valence-electron chi connectivity index (χ4n) is 6.31. The number of hydrogen-bond donors (Lipinski definition) is 4. The van der Waals surface area contributed by atoms with Gasteiger partial charge in [0.05, 0.1) is 29.9 Å². The van der Waals surface area contributed by atoms with Crippen molar-refractivity contribution in [3.05, 3.63) is 47.2 Å². The third-order valence-corrected chi connectivity index (χ3v) is 8.87. The zero-order valence-corrected chi connectivity index (χ0v) is 22.1. The molecule has 11 nitrogen and oxygen atoms in total. The Hall–Kier alpha value is -3.28. The van der Waals surface area contributed by atoms with Gasteiger partial charge >= 0.3 is 0 Å². The highest BCUT2D eigenvalue weighted by molar-refractivity contribution is 6.24. The van der Waals surface area contributed by atoms with E-state index in [-0.39, 0.29) is 34.9 Å². The third-order valence-electron chi connectivity index (χ3n) is 8.87. The number of nitrogens with zero attached hydrogens (tertiary/aromatic N) is 3. The molecule has 3 unspecified atom stereocenters. The van der Waals surface area contributed by atoms with Gasteiger partial charge in [0.25, 0.3) is 11.8 Å². The van der Waals surface area contributed by atoms with Crippen molar-refractivity contribution in [3.63, 3.8) is 0 Å². The standard InChI is InChI=1S/C28H35N5O6/c1-28(10-3-11-28)27(38)32-12-8-16(9-13-32)24-30-15-17(39-24)14-29-19-5-2-4-18-22(19)26(37)33(25(18)36)20-6-7-21(34)31-23(20)35/h2,4-5,15-16,20-21,23,29,31,34-35H,3,6-14H2,1H3. The fourth-order valence-corrected chi connectivity index (χ4v) is 6.31. The van der Waals surface area contributed by atoms with Gasteiger partial charge in [-0.2, -0.15) is 0 Å². The number of benzene rings is 1. The maximum atomic E-state index is 13.3. The van der Waals surface area contributed by atoms with Crippen LogP contribution < -0.4 is 10.6 Å². The lowest BCUT2D eigenvalue weighted by molar-refractivity contribution is -0.147. The van der Waals surface area contributed by atoms with Crippen molar-refractivity contribution >= 4 is 23.4 Å². The van der Waals surface area contributed by atoms with Gasteiger partial charge in [-0.3, -0.25) is 24.6 Å². The van der Waals surface area contributed by atoms with Crippen LogP contribution in [0.2, 0.25) is 0 Å². The van der Waals surface area contributed by atoms with Crippen LogP contribution >= 0.6 is 0 Å². The van der Waals surface area contributed by atoms with Crippen LogP contribution in [0.5, 0.6) is 0 Å². The molecular formula is C28H35N5O6. The summed E-state index contributed by atoms with van der Waals surface area (Å²) < 4.78 is 6.04. The molecule has 3 amide bonds. The minimum atomic E-state index is -1.20. The second-order valence-corrected chi connectivity index (χ2v) is 11.5. The van der Waals surface area contributed by atoms with Gasteiger partial charge in [-0.25, -0.2) is 4.98 Å². The number of anilines is 1. The number of rotatable bonds is 6. The number of carbonyl (C=O) groups excluding carboxylic acids is 3. The number of likely N-dealkylation sites (tertiary alicyclic amines) is 1. The first-order valence-electron chi connectivity index (χ1n) is 13.9. The zero-order chi connectivity index (χ0) is 27.3. The normalized spacial score (nSPS) is 26.9. The Morgan fingerprint density at radius 1 is 1.15 bits per heavy atom. The second-order valence-electron chi connectivity index (χ2n) is 11.5. The van der Waals surface area contributed by atoms with E-state index < -0.39 is 30.3 Å². The number of aliphatic hydroxyl groups excluding tert-OH is 2. The predicted molar refractivity (Wildman–Crippen MR) is 139 cm³/mol. The summed E-state index contributed by atoms with van der Waals surface area (Å²) in [6, 6.07) is 4.29. The van der Waals surface area contributed by atoms with E-state index in [9.17, 15) is 24.6 Å². The van der Waals surface area contributed by atoms with Crippen molar-refractivity contribution in [2.24, 2.45) is 5.41 Å².